The van der Waals surface area contributed by atoms with Gasteiger partial charge in [0.15, 0.2) is 0 Å². The van der Waals surface area contributed by atoms with E-state index in [1.165, 1.54) is 24.3 Å². The molecule has 1 aromatic carbocycles. The maximum atomic E-state index is 13.1. The number of aliphatic hydroxyl groups is 1. The van der Waals surface area contributed by atoms with Crippen molar-refractivity contribution in [2.24, 2.45) is 11.8 Å². The number of carbonyl (C=O) groups is 2. The summed E-state index contributed by atoms with van der Waals surface area (Å²) in [6.45, 7) is 1.38. The predicted octanol–water partition coefficient (Wildman–Crippen LogP) is 1.02. The Morgan fingerprint density at radius 1 is 1.18 bits per heavy atom. The van der Waals surface area contributed by atoms with Crippen LogP contribution in [0, 0.1) is 17.7 Å². The molecule has 22 heavy (non-hydrogen) atoms. The van der Waals surface area contributed by atoms with Gasteiger partial charge in [-0.15, -0.1) is 0 Å². The Morgan fingerprint density at radius 2 is 1.82 bits per heavy atom. The Labute approximate surface area is 126 Å². The molecule has 0 aliphatic carbocycles. The van der Waals surface area contributed by atoms with Crippen LogP contribution in [0.2, 0.25) is 0 Å². The molecule has 0 spiro atoms. The minimum absolute atomic E-state index is 0.335. The molecule has 0 aromatic heterocycles. The number of benzene rings is 1. The zero-order chi connectivity index (χ0) is 15.7. The number of hydrogen-bond donors (Lipinski definition) is 1. The lowest BCUT2D eigenvalue weighted by atomic mass is 9.73. The number of anilines is 1. The number of imide groups is 1. The van der Waals surface area contributed by atoms with Gasteiger partial charge in [0.05, 0.1) is 29.7 Å². The van der Waals surface area contributed by atoms with Gasteiger partial charge in [0.1, 0.15) is 11.4 Å². The van der Waals surface area contributed by atoms with Crippen LogP contribution in [0.3, 0.4) is 0 Å². The van der Waals surface area contributed by atoms with Crippen molar-refractivity contribution in [3.8, 4) is 0 Å². The second-order valence-corrected chi connectivity index (χ2v) is 6.18. The summed E-state index contributed by atoms with van der Waals surface area (Å²) in [5.74, 6) is -2.63. The van der Waals surface area contributed by atoms with E-state index in [-0.39, 0.29) is 12.5 Å². The van der Waals surface area contributed by atoms with Crippen LogP contribution in [0.4, 0.5) is 10.1 Å². The van der Waals surface area contributed by atoms with Gasteiger partial charge in [-0.25, -0.2) is 9.29 Å². The standard InChI is InChI=1S/C16H14FNO4/c1-15-6-7-16(8-19,22-15)12-11(15)13(20)18(14(12)21)10-4-2-9(17)3-5-10/h2-7,11-12,19H,8H2,1H3/t11-,12+,15-,16-/m1/s1. The minimum atomic E-state index is -1.14. The molecule has 3 heterocycles. The molecule has 0 unspecified atom stereocenters. The summed E-state index contributed by atoms with van der Waals surface area (Å²) in [5, 5.41) is 9.69. The predicted molar refractivity (Wildman–Crippen MR) is 74.3 cm³/mol. The molecule has 4 atom stereocenters. The fourth-order valence-electron chi connectivity index (χ4n) is 3.89. The molecule has 4 rings (SSSR count). The van der Waals surface area contributed by atoms with Crippen molar-refractivity contribution in [2.75, 3.05) is 11.5 Å². The minimum Gasteiger partial charge on any atom is -0.393 e. The summed E-state index contributed by atoms with van der Waals surface area (Å²) >= 11 is 0. The van der Waals surface area contributed by atoms with Gasteiger partial charge in [0.25, 0.3) is 0 Å². The topological polar surface area (TPSA) is 66.8 Å². The molecule has 114 valence electrons. The molecule has 3 aliphatic rings. The molecule has 2 bridgehead atoms. The van der Waals surface area contributed by atoms with Crippen LogP contribution in [0.25, 0.3) is 0 Å². The monoisotopic (exact) mass is 303 g/mol. The highest BCUT2D eigenvalue weighted by molar-refractivity contribution is 6.23. The highest BCUT2D eigenvalue weighted by Gasteiger charge is 2.72. The summed E-state index contributed by atoms with van der Waals surface area (Å²) in [6, 6.07) is 5.21. The van der Waals surface area contributed by atoms with E-state index in [4.69, 9.17) is 4.74 Å². The molecular weight excluding hydrogens is 289 g/mol. The van der Waals surface area contributed by atoms with E-state index in [0.717, 1.165) is 4.90 Å². The Morgan fingerprint density at radius 3 is 2.45 bits per heavy atom. The zero-order valence-corrected chi connectivity index (χ0v) is 11.8. The number of amides is 2. The molecule has 1 N–H and O–H groups in total. The van der Waals surface area contributed by atoms with Gasteiger partial charge in [-0.3, -0.25) is 9.59 Å². The fraction of sp³-hybridized carbons (Fsp3) is 0.375. The van der Waals surface area contributed by atoms with Crippen LogP contribution in [-0.2, 0) is 14.3 Å². The molecule has 0 radical (unpaired) electrons. The van der Waals surface area contributed by atoms with Crippen LogP contribution >= 0.6 is 0 Å². The Balaban J connectivity index is 1.80. The van der Waals surface area contributed by atoms with Crippen molar-refractivity contribution < 1.29 is 23.8 Å². The van der Waals surface area contributed by atoms with Gasteiger partial charge in [-0.2, -0.15) is 0 Å². The van der Waals surface area contributed by atoms with Crippen LogP contribution in [0.5, 0.6) is 0 Å². The number of ether oxygens (including phenoxy) is 1. The van der Waals surface area contributed by atoms with Crippen molar-refractivity contribution in [1.82, 2.24) is 0 Å². The van der Waals surface area contributed by atoms with Gasteiger partial charge in [0.2, 0.25) is 11.8 Å². The van der Waals surface area contributed by atoms with E-state index < -0.39 is 34.8 Å². The number of halogens is 1. The summed E-state index contributed by atoms with van der Waals surface area (Å²) < 4.78 is 18.9. The average molecular weight is 303 g/mol. The first-order valence-electron chi connectivity index (χ1n) is 7.07. The first-order chi connectivity index (χ1) is 10.4. The summed E-state index contributed by atoms with van der Waals surface area (Å²) in [7, 11) is 0. The summed E-state index contributed by atoms with van der Waals surface area (Å²) in [5.41, 5.74) is -1.70. The van der Waals surface area contributed by atoms with E-state index in [1.807, 2.05) is 0 Å². The van der Waals surface area contributed by atoms with Gasteiger partial charge in [-0.05, 0) is 31.2 Å². The fourth-order valence-corrected chi connectivity index (χ4v) is 3.89. The average Bonchev–Trinajstić information content (AvgIpc) is 3.07. The lowest BCUT2D eigenvalue weighted by Crippen LogP contribution is -2.43. The first kappa shape index (κ1) is 13.6. The van der Waals surface area contributed by atoms with Crippen molar-refractivity contribution in [2.45, 2.75) is 18.1 Å². The van der Waals surface area contributed by atoms with Gasteiger partial charge >= 0.3 is 0 Å². The lowest BCUT2D eigenvalue weighted by molar-refractivity contribution is -0.131. The van der Waals surface area contributed by atoms with Crippen LogP contribution < -0.4 is 4.90 Å². The third kappa shape index (κ3) is 1.43. The Hall–Kier alpha value is -2.05. The Bertz CT molecular complexity index is 715. The number of nitrogens with zero attached hydrogens (tertiary/aromatic N) is 1. The smallest absolute Gasteiger partial charge is 0.241 e. The number of rotatable bonds is 2. The van der Waals surface area contributed by atoms with E-state index in [2.05, 4.69) is 0 Å². The van der Waals surface area contributed by atoms with Crippen molar-refractivity contribution in [3.63, 3.8) is 0 Å². The SMILES string of the molecule is C[C@]12C=C[C@](CO)(O1)[C@@H]1C(=O)N(c3ccc(F)cc3)C(=O)[C@@H]12. The molecule has 0 saturated carbocycles. The van der Waals surface area contributed by atoms with E-state index in [9.17, 15) is 19.1 Å². The number of fused-ring (bicyclic) bond motifs is 5. The maximum Gasteiger partial charge on any atom is 0.241 e. The molecule has 6 heteroatoms. The van der Waals surface area contributed by atoms with Crippen LogP contribution in [-0.4, -0.2) is 34.7 Å². The third-order valence-electron chi connectivity index (χ3n) is 4.89. The molecular formula is C16H14FNO4. The second-order valence-electron chi connectivity index (χ2n) is 6.18. The van der Waals surface area contributed by atoms with Crippen LogP contribution in [0.1, 0.15) is 6.92 Å². The molecule has 2 fully saturated rings. The highest BCUT2D eigenvalue weighted by atomic mass is 19.1. The normalized spacial score (nSPS) is 39.0. The highest BCUT2D eigenvalue weighted by Crippen LogP contribution is 2.57. The third-order valence-corrected chi connectivity index (χ3v) is 4.89. The maximum absolute atomic E-state index is 13.1. The lowest BCUT2D eigenvalue weighted by Gasteiger charge is -2.26. The van der Waals surface area contributed by atoms with Crippen molar-refractivity contribution in [1.29, 1.82) is 0 Å². The van der Waals surface area contributed by atoms with E-state index in [1.54, 1.807) is 19.1 Å². The van der Waals surface area contributed by atoms with Gasteiger partial charge in [0, 0.05) is 0 Å². The molecule has 2 saturated heterocycles. The van der Waals surface area contributed by atoms with Crippen molar-refractivity contribution >= 4 is 17.5 Å². The molecule has 1 aromatic rings. The number of hydrogen-bond acceptors (Lipinski definition) is 4. The zero-order valence-electron chi connectivity index (χ0n) is 11.8. The van der Waals surface area contributed by atoms with Crippen molar-refractivity contribution in [3.05, 3.63) is 42.2 Å². The Kier molecular flexibility index (Phi) is 2.49. The van der Waals surface area contributed by atoms with Gasteiger partial charge < -0.3 is 9.84 Å². The van der Waals surface area contributed by atoms with Crippen LogP contribution in [0.15, 0.2) is 36.4 Å². The molecule has 2 amide bonds. The molecule has 5 nitrogen and oxygen atoms in total. The largest absolute Gasteiger partial charge is 0.393 e. The number of carbonyl (C=O) groups excluding carboxylic acids is 2. The first-order valence-corrected chi connectivity index (χ1v) is 7.07. The second kappa shape index (κ2) is 4.02. The molecule has 3 aliphatic heterocycles. The quantitative estimate of drug-likeness (QED) is 0.654. The summed E-state index contributed by atoms with van der Waals surface area (Å²) in [6.07, 6.45) is 3.41. The summed E-state index contributed by atoms with van der Waals surface area (Å²) in [4.78, 5) is 26.6. The van der Waals surface area contributed by atoms with E-state index in [0.29, 0.717) is 5.69 Å². The number of aliphatic hydroxyl groups excluding tert-OH is 1. The van der Waals surface area contributed by atoms with Gasteiger partial charge in [-0.1, -0.05) is 12.2 Å². The van der Waals surface area contributed by atoms with E-state index >= 15 is 0 Å².